The van der Waals surface area contributed by atoms with E-state index in [0.29, 0.717) is 12.2 Å². The molecule has 1 spiro atoms. The summed E-state index contributed by atoms with van der Waals surface area (Å²) >= 11 is 0. The van der Waals surface area contributed by atoms with E-state index in [-0.39, 0.29) is 22.6 Å². The Labute approximate surface area is 211 Å². The lowest BCUT2D eigenvalue weighted by atomic mass is 9.73. The van der Waals surface area contributed by atoms with Gasteiger partial charge < -0.3 is 9.84 Å². The van der Waals surface area contributed by atoms with Crippen molar-refractivity contribution in [2.75, 3.05) is 0 Å². The zero-order valence-corrected chi connectivity index (χ0v) is 21.0. The second kappa shape index (κ2) is 8.06. The maximum atomic E-state index is 14.9. The lowest BCUT2D eigenvalue weighted by Crippen LogP contribution is -2.29. The topological polar surface area (TPSA) is 46.5 Å². The van der Waals surface area contributed by atoms with Gasteiger partial charge in [0, 0.05) is 11.0 Å². The summed E-state index contributed by atoms with van der Waals surface area (Å²) in [6.45, 7) is 6.89. The molecule has 1 fully saturated rings. The molecule has 3 nitrogen and oxygen atoms in total. The van der Waals surface area contributed by atoms with Crippen LogP contribution in [0.3, 0.4) is 0 Å². The maximum Gasteiger partial charge on any atom is 0.307 e. The van der Waals surface area contributed by atoms with Crippen LogP contribution in [0.4, 0.5) is 4.39 Å². The molecule has 184 valence electrons. The van der Waals surface area contributed by atoms with Crippen molar-refractivity contribution >= 4 is 11.5 Å². The minimum absolute atomic E-state index is 0.0233. The number of carbonyl (C=O) groups is 1. The van der Waals surface area contributed by atoms with Crippen molar-refractivity contribution in [2.24, 2.45) is 11.3 Å². The zero-order valence-electron chi connectivity index (χ0n) is 21.0. The standard InChI is InChI=1S/C32H31FO3/c1-19-6-11-29(33)25(13-19)23-10-7-20(14-24(23)26-5-4-12-31(26,2)3)18-36-22-9-8-21-16-32(27(21)15-22)17-28(32)30(34)35/h5-11,13-15,28H,4,12,16-18H2,1-3H3,(H,34,35)/t28-,32+/m0/s1. The SMILES string of the molecule is Cc1ccc(F)c(-c2ccc(COc3ccc4c(c3)[C@@]3(C4)C[C@H]3C(=O)O)cc2C2=CCCC2(C)C)c1. The van der Waals surface area contributed by atoms with E-state index in [0.717, 1.165) is 59.3 Å². The Hall–Kier alpha value is -3.40. The highest BCUT2D eigenvalue weighted by Gasteiger charge is 2.64. The largest absolute Gasteiger partial charge is 0.489 e. The first-order valence-corrected chi connectivity index (χ1v) is 12.8. The van der Waals surface area contributed by atoms with Crippen LogP contribution in [0.2, 0.25) is 0 Å². The van der Waals surface area contributed by atoms with E-state index in [2.05, 4.69) is 32.1 Å². The smallest absolute Gasteiger partial charge is 0.307 e. The zero-order chi connectivity index (χ0) is 25.2. The predicted octanol–water partition coefficient (Wildman–Crippen LogP) is 7.48. The lowest BCUT2D eigenvalue weighted by Gasteiger charge is -2.31. The summed E-state index contributed by atoms with van der Waals surface area (Å²) in [4.78, 5) is 11.5. The molecule has 3 aliphatic rings. The van der Waals surface area contributed by atoms with Crippen molar-refractivity contribution in [1.29, 1.82) is 0 Å². The van der Waals surface area contributed by atoms with Crippen molar-refractivity contribution < 1.29 is 19.0 Å². The number of allylic oxidation sites excluding steroid dienone is 2. The highest BCUT2D eigenvalue weighted by Crippen LogP contribution is 2.63. The third-order valence-electron chi connectivity index (χ3n) is 8.54. The number of ether oxygens (including phenoxy) is 1. The van der Waals surface area contributed by atoms with Crippen LogP contribution in [-0.4, -0.2) is 11.1 Å². The van der Waals surface area contributed by atoms with Crippen LogP contribution >= 0.6 is 0 Å². The van der Waals surface area contributed by atoms with Gasteiger partial charge in [-0.25, -0.2) is 4.39 Å². The van der Waals surface area contributed by atoms with Crippen molar-refractivity contribution in [3.63, 3.8) is 0 Å². The second-order valence-corrected chi connectivity index (χ2v) is 11.4. The van der Waals surface area contributed by atoms with Gasteiger partial charge in [-0.3, -0.25) is 4.79 Å². The number of aliphatic carboxylic acids is 1. The van der Waals surface area contributed by atoms with Crippen molar-refractivity contribution in [1.82, 2.24) is 0 Å². The Bertz CT molecular complexity index is 1430. The number of aryl methyl sites for hydroxylation is 1. The first kappa shape index (κ1) is 23.0. The van der Waals surface area contributed by atoms with Crippen LogP contribution in [0, 0.1) is 24.1 Å². The molecular weight excluding hydrogens is 451 g/mol. The average Bonchev–Trinajstić information content (AvgIpc) is 3.51. The van der Waals surface area contributed by atoms with E-state index in [1.54, 1.807) is 12.1 Å². The van der Waals surface area contributed by atoms with Gasteiger partial charge in [-0.05, 0) is 102 Å². The predicted molar refractivity (Wildman–Crippen MR) is 139 cm³/mol. The second-order valence-electron chi connectivity index (χ2n) is 11.4. The molecule has 0 amide bonds. The number of carboxylic acid groups (broad SMARTS) is 1. The molecule has 0 aromatic heterocycles. The lowest BCUT2D eigenvalue weighted by molar-refractivity contribution is -0.139. The molecule has 2 atom stereocenters. The summed E-state index contributed by atoms with van der Waals surface area (Å²) in [7, 11) is 0. The molecular formula is C32H31FO3. The van der Waals surface area contributed by atoms with E-state index >= 15 is 0 Å². The van der Waals surface area contributed by atoms with Gasteiger partial charge in [-0.1, -0.05) is 49.8 Å². The van der Waals surface area contributed by atoms with Gasteiger partial charge in [0.25, 0.3) is 0 Å². The van der Waals surface area contributed by atoms with E-state index in [4.69, 9.17) is 4.74 Å². The first-order valence-electron chi connectivity index (χ1n) is 12.8. The molecule has 1 N–H and O–H groups in total. The number of benzene rings is 3. The van der Waals surface area contributed by atoms with E-state index in [1.807, 2.05) is 37.3 Å². The number of carboxylic acids is 1. The van der Waals surface area contributed by atoms with Gasteiger partial charge in [0.2, 0.25) is 0 Å². The molecule has 0 aliphatic heterocycles. The van der Waals surface area contributed by atoms with Crippen molar-refractivity contribution in [2.45, 2.75) is 58.5 Å². The molecule has 1 saturated carbocycles. The fourth-order valence-electron chi connectivity index (χ4n) is 6.33. The minimum Gasteiger partial charge on any atom is -0.489 e. The van der Waals surface area contributed by atoms with Gasteiger partial charge in [0.15, 0.2) is 0 Å². The van der Waals surface area contributed by atoms with E-state index in [1.165, 1.54) is 11.1 Å². The molecule has 3 aromatic rings. The number of rotatable bonds is 6. The molecule has 0 unspecified atom stereocenters. The summed E-state index contributed by atoms with van der Waals surface area (Å²) in [5.41, 5.74) is 8.15. The molecule has 4 heteroatoms. The third-order valence-corrected chi connectivity index (χ3v) is 8.54. The van der Waals surface area contributed by atoms with Crippen LogP contribution in [0.5, 0.6) is 5.75 Å². The fourth-order valence-corrected chi connectivity index (χ4v) is 6.33. The number of fused-ring (bicyclic) bond motifs is 2. The fraction of sp³-hybridized carbons (Fsp3) is 0.344. The molecule has 0 saturated heterocycles. The molecule has 3 aliphatic carbocycles. The van der Waals surface area contributed by atoms with E-state index < -0.39 is 5.97 Å². The number of hydrogen-bond donors (Lipinski definition) is 1. The summed E-state index contributed by atoms with van der Waals surface area (Å²) in [6.07, 6.45) is 5.97. The van der Waals surface area contributed by atoms with Gasteiger partial charge in [0.1, 0.15) is 18.2 Å². The van der Waals surface area contributed by atoms with Crippen molar-refractivity contribution in [3.05, 3.63) is 94.3 Å². The Morgan fingerprint density at radius 2 is 1.89 bits per heavy atom. The number of hydrogen-bond acceptors (Lipinski definition) is 2. The average molecular weight is 483 g/mol. The Kier molecular flexibility index (Phi) is 5.15. The summed E-state index contributed by atoms with van der Waals surface area (Å²) < 4.78 is 21.1. The normalized spacial score (nSPS) is 23.1. The molecule has 36 heavy (non-hydrogen) atoms. The molecule has 0 radical (unpaired) electrons. The third kappa shape index (κ3) is 3.66. The van der Waals surface area contributed by atoms with Crippen LogP contribution < -0.4 is 4.74 Å². The first-order chi connectivity index (χ1) is 17.2. The van der Waals surface area contributed by atoms with Crippen molar-refractivity contribution in [3.8, 4) is 16.9 Å². The summed E-state index contributed by atoms with van der Waals surface area (Å²) in [5.74, 6) is -0.410. The highest BCUT2D eigenvalue weighted by molar-refractivity contribution is 5.85. The monoisotopic (exact) mass is 482 g/mol. The maximum absolute atomic E-state index is 14.9. The molecule has 0 bridgehead atoms. The van der Waals surface area contributed by atoms with Gasteiger partial charge in [-0.2, -0.15) is 0 Å². The Balaban J connectivity index is 1.30. The summed E-state index contributed by atoms with van der Waals surface area (Å²) in [6, 6.07) is 17.5. The van der Waals surface area contributed by atoms with Crippen LogP contribution in [0.25, 0.3) is 16.7 Å². The number of halogens is 1. The summed E-state index contributed by atoms with van der Waals surface area (Å²) in [5, 5.41) is 9.43. The van der Waals surface area contributed by atoms with Gasteiger partial charge in [0.05, 0.1) is 5.92 Å². The minimum atomic E-state index is -0.700. The molecule has 3 aromatic carbocycles. The Morgan fingerprint density at radius 3 is 2.61 bits per heavy atom. The Morgan fingerprint density at radius 1 is 1.06 bits per heavy atom. The molecule has 0 heterocycles. The van der Waals surface area contributed by atoms with Gasteiger partial charge in [-0.15, -0.1) is 0 Å². The van der Waals surface area contributed by atoms with E-state index in [9.17, 15) is 14.3 Å². The van der Waals surface area contributed by atoms with Crippen LogP contribution in [0.15, 0.2) is 60.7 Å². The highest BCUT2D eigenvalue weighted by atomic mass is 19.1. The van der Waals surface area contributed by atoms with Gasteiger partial charge >= 0.3 is 5.97 Å². The van der Waals surface area contributed by atoms with Crippen LogP contribution in [0.1, 0.15) is 60.9 Å². The van der Waals surface area contributed by atoms with Crippen LogP contribution in [-0.2, 0) is 23.2 Å². The quantitative estimate of drug-likeness (QED) is 0.396. The molecule has 6 rings (SSSR count).